The fourth-order valence-electron chi connectivity index (χ4n) is 2.74. The smallest absolute Gasteiger partial charge is 0.238 e. The van der Waals surface area contributed by atoms with Gasteiger partial charge in [-0.05, 0) is 23.8 Å². The number of halogens is 2. The Kier molecular flexibility index (Phi) is 4.28. The molecule has 0 aromatic heterocycles. The number of hydrogen-bond donors (Lipinski definition) is 2. The third-order valence-corrected chi connectivity index (χ3v) is 4.81. The Labute approximate surface area is 159 Å². The first kappa shape index (κ1) is 16.6. The summed E-state index contributed by atoms with van der Waals surface area (Å²) in [6.45, 7) is 0. The van der Waals surface area contributed by atoms with Crippen LogP contribution in [0.1, 0.15) is 9.30 Å². The van der Waals surface area contributed by atoms with Crippen LogP contribution >= 0.6 is 31.9 Å². The molecule has 2 N–H and O–H groups in total. The van der Waals surface area contributed by atoms with E-state index < -0.39 is 0 Å². The summed E-state index contributed by atoms with van der Waals surface area (Å²) < 4.78 is 10.5. The van der Waals surface area contributed by atoms with Crippen molar-refractivity contribution >= 4 is 31.9 Å². The molecule has 0 atom stereocenters. The van der Waals surface area contributed by atoms with Crippen molar-refractivity contribution in [2.45, 2.75) is 3.74 Å². The number of alkyl halides is 2. The second kappa shape index (κ2) is 6.45. The second-order valence-corrected chi connectivity index (χ2v) is 8.11. The van der Waals surface area contributed by atoms with Crippen LogP contribution in [0.3, 0.4) is 0 Å². The van der Waals surface area contributed by atoms with Gasteiger partial charge in [-0.1, -0.05) is 31.9 Å². The number of benzene rings is 2. The van der Waals surface area contributed by atoms with Crippen LogP contribution in [0.4, 0.5) is 0 Å². The van der Waals surface area contributed by atoms with Crippen molar-refractivity contribution in [2.24, 2.45) is 0 Å². The number of methoxy groups -OCH3 is 2. The molecule has 0 aliphatic carbocycles. The summed E-state index contributed by atoms with van der Waals surface area (Å²) in [5, 5.41) is 0. The van der Waals surface area contributed by atoms with Gasteiger partial charge in [-0.15, -0.1) is 0 Å². The molecule has 2 aromatic carbocycles. The van der Waals surface area contributed by atoms with Crippen LogP contribution in [0.15, 0.2) is 18.2 Å². The van der Waals surface area contributed by atoms with E-state index in [0.717, 1.165) is 16.7 Å². The number of rotatable bonds is 4. The SMILES string of the molecule is COc1ccc(-c2c(C(Br)Br)cc(OC)c3c2ONO3)c2c1ONO2. The molecule has 0 saturated heterocycles. The number of nitrogens with one attached hydrogen (secondary N) is 2. The van der Waals surface area contributed by atoms with Crippen LogP contribution in [-0.4, -0.2) is 14.2 Å². The van der Waals surface area contributed by atoms with E-state index in [1.807, 2.05) is 12.1 Å². The highest BCUT2D eigenvalue weighted by Gasteiger charge is 2.34. The van der Waals surface area contributed by atoms with Crippen LogP contribution in [0.5, 0.6) is 34.5 Å². The van der Waals surface area contributed by atoms with Crippen molar-refractivity contribution < 1.29 is 28.8 Å². The third-order valence-electron chi connectivity index (χ3n) is 3.83. The molecular weight excluding hydrogens is 464 g/mol. The summed E-state index contributed by atoms with van der Waals surface area (Å²) in [6.07, 6.45) is 0. The Morgan fingerprint density at radius 1 is 0.840 bits per heavy atom. The van der Waals surface area contributed by atoms with Gasteiger partial charge >= 0.3 is 0 Å². The van der Waals surface area contributed by atoms with Crippen molar-refractivity contribution in [3.05, 3.63) is 23.8 Å². The second-order valence-electron chi connectivity index (χ2n) is 5.05. The van der Waals surface area contributed by atoms with Crippen LogP contribution < -0.4 is 40.1 Å². The lowest BCUT2D eigenvalue weighted by Gasteiger charge is -2.16. The van der Waals surface area contributed by atoms with Gasteiger partial charge in [-0.3, -0.25) is 0 Å². The monoisotopic (exact) mass is 474 g/mol. The average molecular weight is 476 g/mol. The lowest BCUT2D eigenvalue weighted by Crippen LogP contribution is -2.15. The standard InChI is InChI=1S/C15H12Br2N2O6/c1-20-8-4-3-6(11-12(8)23-18-22-11)10-7(15(16)17)5-9(21-2)13-14(10)25-19-24-13/h3-5,15,18-19H,1-2H3. The van der Waals surface area contributed by atoms with Crippen molar-refractivity contribution in [1.29, 1.82) is 0 Å². The van der Waals surface area contributed by atoms with E-state index in [2.05, 4.69) is 43.1 Å². The van der Waals surface area contributed by atoms with Crippen molar-refractivity contribution in [3.8, 4) is 45.6 Å². The molecule has 132 valence electrons. The first-order chi connectivity index (χ1) is 12.2. The number of ether oxygens (including phenoxy) is 2. The van der Waals surface area contributed by atoms with Crippen LogP contribution in [0, 0.1) is 0 Å². The Hall–Kier alpha value is -1.88. The molecule has 25 heavy (non-hydrogen) atoms. The van der Waals surface area contributed by atoms with Crippen molar-refractivity contribution in [3.63, 3.8) is 0 Å². The highest BCUT2D eigenvalue weighted by molar-refractivity contribution is 9.24. The van der Waals surface area contributed by atoms with Gasteiger partial charge in [0.1, 0.15) is 0 Å². The predicted molar refractivity (Wildman–Crippen MR) is 94.4 cm³/mol. The average Bonchev–Trinajstić information content (AvgIpc) is 3.28. The molecule has 10 heteroatoms. The summed E-state index contributed by atoms with van der Waals surface area (Å²) in [5.41, 5.74) is 7.12. The maximum atomic E-state index is 5.49. The fraction of sp³-hybridized carbons (Fsp3) is 0.200. The summed E-state index contributed by atoms with van der Waals surface area (Å²) in [5.74, 6) is 2.91. The Morgan fingerprint density at radius 3 is 2.08 bits per heavy atom. The Balaban J connectivity index is 2.01. The quantitative estimate of drug-likeness (QED) is 0.650. The molecule has 0 fully saturated rings. The summed E-state index contributed by atoms with van der Waals surface area (Å²) in [6, 6.07) is 5.48. The molecule has 0 amide bonds. The van der Waals surface area contributed by atoms with Gasteiger partial charge in [0.2, 0.25) is 23.0 Å². The molecule has 0 unspecified atom stereocenters. The van der Waals surface area contributed by atoms with Gasteiger partial charge in [-0.25, -0.2) is 0 Å². The Bertz CT molecular complexity index is 846. The van der Waals surface area contributed by atoms with E-state index in [1.54, 1.807) is 20.3 Å². The van der Waals surface area contributed by atoms with E-state index in [9.17, 15) is 0 Å². The fourth-order valence-corrected chi connectivity index (χ4v) is 3.46. The minimum atomic E-state index is -0.175. The number of fused-ring (bicyclic) bond motifs is 2. The zero-order valence-electron chi connectivity index (χ0n) is 13.0. The summed E-state index contributed by atoms with van der Waals surface area (Å²) >= 11 is 7.09. The largest absolute Gasteiger partial charge is 0.493 e. The topological polar surface area (TPSA) is 79.4 Å². The zero-order valence-corrected chi connectivity index (χ0v) is 16.2. The third kappa shape index (κ3) is 2.56. The molecule has 2 aromatic rings. The van der Waals surface area contributed by atoms with Gasteiger partial charge in [-0.2, -0.15) is 0 Å². The van der Waals surface area contributed by atoms with Gasteiger partial charge < -0.3 is 28.8 Å². The van der Waals surface area contributed by atoms with E-state index in [0.29, 0.717) is 34.5 Å². The maximum absolute atomic E-state index is 5.49. The molecule has 2 aliphatic rings. The highest BCUT2D eigenvalue weighted by Crippen LogP contribution is 2.56. The molecule has 0 bridgehead atoms. The zero-order chi connectivity index (χ0) is 17.6. The van der Waals surface area contributed by atoms with Crippen molar-refractivity contribution in [1.82, 2.24) is 11.3 Å². The molecule has 2 heterocycles. The van der Waals surface area contributed by atoms with Crippen LogP contribution in [0.25, 0.3) is 11.1 Å². The molecule has 0 radical (unpaired) electrons. The van der Waals surface area contributed by atoms with E-state index in [4.69, 9.17) is 28.8 Å². The molecular formula is C15H12Br2N2O6. The van der Waals surface area contributed by atoms with Gasteiger partial charge in [0.05, 0.1) is 18.0 Å². The minimum absolute atomic E-state index is 0.175. The van der Waals surface area contributed by atoms with E-state index >= 15 is 0 Å². The van der Waals surface area contributed by atoms with Gasteiger partial charge in [0.25, 0.3) is 0 Å². The molecule has 8 nitrogen and oxygen atoms in total. The summed E-state index contributed by atoms with van der Waals surface area (Å²) in [7, 11) is 3.12. The molecule has 0 saturated carbocycles. The Morgan fingerprint density at radius 2 is 1.44 bits per heavy atom. The highest BCUT2D eigenvalue weighted by atomic mass is 79.9. The maximum Gasteiger partial charge on any atom is 0.238 e. The molecule has 4 rings (SSSR count). The first-order valence-corrected chi connectivity index (χ1v) is 8.90. The van der Waals surface area contributed by atoms with Crippen LogP contribution in [0.2, 0.25) is 0 Å². The van der Waals surface area contributed by atoms with Gasteiger partial charge in [0.15, 0.2) is 11.5 Å². The molecule has 2 aliphatic heterocycles. The first-order valence-electron chi connectivity index (χ1n) is 7.07. The van der Waals surface area contributed by atoms with Gasteiger partial charge in [0, 0.05) is 22.4 Å². The van der Waals surface area contributed by atoms with Crippen LogP contribution in [-0.2, 0) is 0 Å². The van der Waals surface area contributed by atoms with E-state index in [-0.39, 0.29) is 3.74 Å². The minimum Gasteiger partial charge on any atom is -0.493 e. The predicted octanol–water partition coefficient (Wildman–Crippen LogP) is 3.54. The summed E-state index contributed by atoms with van der Waals surface area (Å²) in [4.78, 5) is 21.6. The molecule has 0 spiro atoms. The number of hydrogen-bond acceptors (Lipinski definition) is 8. The normalized spacial score (nSPS) is 14.1. The van der Waals surface area contributed by atoms with Crippen molar-refractivity contribution in [2.75, 3.05) is 14.2 Å². The van der Waals surface area contributed by atoms with E-state index in [1.165, 1.54) is 0 Å². The lowest BCUT2D eigenvalue weighted by atomic mass is 9.97. The lowest BCUT2D eigenvalue weighted by molar-refractivity contribution is 0.0240.